The second kappa shape index (κ2) is 3.90. The molecule has 0 unspecified atom stereocenters. The Morgan fingerprint density at radius 1 is 1.39 bits per heavy atom. The van der Waals surface area contributed by atoms with E-state index in [9.17, 15) is 9.18 Å². The molecule has 1 aliphatic carbocycles. The Morgan fingerprint density at radius 3 is 2.78 bits per heavy atom. The summed E-state index contributed by atoms with van der Waals surface area (Å²) < 4.78 is 13.7. The molecule has 3 rings (SSSR count). The number of halogens is 1. The lowest BCUT2D eigenvalue weighted by Crippen LogP contribution is -2.29. The van der Waals surface area contributed by atoms with Crippen molar-refractivity contribution < 1.29 is 9.18 Å². The van der Waals surface area contributed by atoms with Crippen LogP contribution in [0.1, 0.15) is 18.4 Å². The Kier molecular flexibility index (Phi) is 2.36. The smallest absolute Gasteiger partial charge is 0.237 e. The summed E-state index contributed by atoms with van der Waals surface area (Å²) in [5.74, 6) is -0.310. The Labute approximate surface area is 102 Å². The maximum absolute atomic E-state index is 13.7. The minimum Gasteiger partial charge on any atom is -0.294 e. The van der Waals surface area contributed by atoms with Gasteiger partial charge in [-0.05, 0) is 18.9 Å². The number of carbonyl (C=O) groups is 1. The third-order valence-electron chi connectivity index (χ3n) is 3.22. The van der Waals surface area contributed by atoms with Crippen LogP contribution in [-0.4, -0.2) is 21.1 Å². The van der Waals surface area contributed by atoms with Crippen LogP contribution < -0.4 is 5.32 Å². The normalized spacial score (nSPS) is 16.3. The molecular weight excluding hydrogens is 235 g/mol. The van der Waals surface area contributed by atoms with Gasteiger partial charge in [-0.25, -0.2) is 9.49 Å². The molecule has 0 saturated heterocycles. The van der Waals surface area contributed by atoms with E-state index in [0.717, 1.165) is 0 Å². The molecule has 0 bridgehead atoms. The molecule has 2 N–H and O–H groups in total. The zero-order chi connectivity index (χ0) is 12.6. The van der Waals surface area contributed by atoms with E-state index in [4.69, 9.17) is 0 Å². The average molecular weight is 246 g/mol. The van der Waals surface area contributed by atoms with Crippen LogP contribution in [0.3, 0.4) is 0 Å². The molecule has 5 nitrogen and oxygen atoms in total. The zero-order valence-corrected chi connectivity index (χ0v) is 9.48. The maximum Gasteiger partial charge on any atom is 0.237 e. The molecule has 0 atom stereocenters. The fourth-order valence-electron chi connectivity index (χ4n) is 2.09. The van der Waals surface area contributed by atoms with Crippen molar-refractivity contribution in [3.05, 3.63) is 42.0 Å². The molecule has 0 spiro atoms. The van der Waals surface area contributed by atoms with E-state index in [2.05, 4.69) is 20.5 Å². The van der Waals surface area contributed by atoms with E-state index in [1.807, 2.05) is 0 Å². The van der Waals surface area contributed by atoms with Crippen LogP contribution >= 0.6 is 0 Å². The molecule has 0 aliphatic heterocycles. The molecule has 1 saturated carbocycles. The second-order valence-electron chi connectivity index (χ2n) is 4.35. The first-order valence-electron chi connectivity index (χ1n) is 5.64. The number of aromatic nitrogens is 3. The van der Waals surface area contributed by atoms with Gasteiger partial charge >= 0.3 is 0 Å². The Balaban J connectivity index is 1.87. The summed E-state index contributed by atoms with van der Waals surface area (Å²) in [6.45, 7) is 0. The number of nitrogens with one attached hydrogen (secondary N) is 2. The SMILES string of the molecule is O=C(Nc1ncn[nH]1)C1(c2ccccc2F)CC1. The number of carbonyl (C=O) groups excluding carboxylic acids is 1. The lowest BCUT2D eigenvalue weighted by atomic mass is 9.94. The highest BCUT2D eigenvalue weighted by Crippen LogP contribution is 2.49. The topological polar surface area (TPSA) is 70.7 Å². The van der Waals surface area contributed by atoms with Crippen molar-refractivity contribution in [2.45, 2.75) is 18.3 Å². The molecule has 1 aromatic heterocycles. The van der Waals surface area contributed by atoms with Crippen LogP contribution in [0.2, 0.25) is 0 Å². The van der Waals surface area contributed by atoms with E-state index < -0.39 is 5.41 Å². The van der Waals surface area contributed by atoms with Crippen LogP contribution in [0.15, 0.2) is 30.6 Å². The minimum atomic E-state index is -0.752. The third kappa shape index (κ3) is 1.66. The first kappa shape index (κ1) is 10.9. The molecule has 1 amide bonds. The molecule has 1 fully saturated rings. The van der Waals surface area contributed by atoms with Gasteiger partial charge in [-0.2, -0.15) is 10.1 Å². The molecule has 1 aromatic carbocycles. The van der Waals surface area contributed by atoms with Crippen LogP contribution in [0.4, 0.5) is 10.3 Å². The van der Waals surface area contributed by atoms with Gasteiger partial charge in [-0.1, -0.05) is 18.2 Å². The van der Waals surface area contributed by atoms with E-state index in [-0.39, 0.29) is 17.7 Å². The molecule has 6 heteroatoms. The lowest BCUT2D eigenvalue weighted by Gasteiger charge is -2.15. The maximum atomic E-state index is 13.7. The lowest BCUT2D eigenvalue weighted by molar-refractivity contribution is -0.118. The number of hydrogen-bond donors (Lipinski definition) is 2. The van der Waals surface area contributed by atoms with Gasteiger partial charge in [0.05, 0.1) is 5.41 Å². The third-order valence-corrected chi connectivity index (χ3v) is 3.22. The van der Waals surface area contributed by atoms with Crippen molar-refractivity contribution in [2.24, 2.45) is 0 Å². The summed E-state index contributed by atoms with van der Waals surface area (Å²) in [5.41, 5.74) is -0.306. The number of aromatic amines is 1. The van der Waals surface area contributed by atoms with Gasteiger partial charge in [-0.3, -0.25) is 10.1 Å². The standard InChI is InChI=1S/C12H11FN4O/c13-9-4-2-1-3-8(9)12(5-6-12)10(18)16-11-14-7-15-17-11/h1-4,7H,5-6H2,(H2,14,15,16,17,18). The van der Waals surface area contributed by atoms with E-state index in [1.54, 1.807) is 18.2 Å². The fraction of sp³-hybridized carbons (Fsp3) is 0.250. The number of nitrogens with zero attached hydrogens (tertiary/aromatic N) is 2. The molecule has 18 heavy (non-hydrogen) atoms. The van der Waals surface area contributed by atoms with Crippen LogP contribution in [0.25, 0.3) is 0 Å². The van der Waals surface area contributed by atoms with Crippen molar-refractivity contribution >= 4 is 11.9 Å². The van der Waals surface area contributed by atoms with Crippen molar-refractivity contribution in [1.82, 2.24) is 15.2 Å². The number of hydrogen-bond acceptors (Lipinski definition) is 3. The average Bonchev–Trinajstić information content (AvgIpc) is 3.02. The van der Waals surface area contributed by atoms with Crippen LogP contribution in [-0.2, 0) is 10.2 Å². The monoisotopic (exact) mass is 246 g/mol. The highest BCUT2D eigenvalue weighted by molar-refractivity contribution is 6.00. The second-order valence-corrected chi connectivity index (χ2v) is 4.35. The number of rotatable bonds is 3. The molecule has 92 valence electrons. The molecule has 0 radical (unpaired) electrons. The van der Waals surface area contributed by atoms with Crippen molar-refractivity contribution in [3.8, 4) is 0 Å². The van der Waals surface area contributed by atoms with Gasteiger partial charge in [0, 0.05) is 5.56 Å². The summed E-state index contributed by atoms with van der Waals surface area (Å²) in [6, 6.07) is 6.38. The highest BCUT2D eigenvalue weighted by atomic mass is 19.1. The van der Waals surface area contributed by atoms with E-state index in [0.29, 0.717) is 18.4 Å². The zero-order valence-electron chi connectivity index (χ0n) is 9.48. The van der Waals surface area contributed by atoms with Gasteiger partial charge in [-0.15, -0.1) is 0 Å². The summed E-state index contributed by atoms with van der Waals surface area (Å²) in [6.07, 6.45) is 2.60. The van der Waals surface area contributed by atoms with Gasteiger partial charge < -0.3 is 0 Å². The predicted molar refractivity (Wildman–Crippen MR) is 62.3 cm³/mol. The Hall–Kier alpha value is -2.24. The highest BCUT2D eigenvalue weighted by Gasteiger charge is 2.52. The fourth-order valence-corrected chi connectivity index (χ4v) is 2.09. The Morgan fingerprint density at radius 2 is 2.17 bits per heavy atom. The summed E-state index contributed by atoms with van der Waals surface area (Å²) in [5, 5.41) is 8.81. The summed E-state index contributed by atoms with van der Waals surface area (Å²) in [4.78, 5) is 16.0. The van der Waals surface area contributed by atoms with Gasteiger partial charge in [0.1, 0.15) is 12.1 Å². The van der Waals surface area contributed by atoms with Crippen molar-refractivity contribution in [2.75, 3.05) is 5.32 Å². The molecule has 2 aromatic rings. The van der Waals surface area contributed by atoms with Gasteiger partial charge in [0.15, 0.2) is 0 Å². The number of benzene rings is 1. The molecule has 1 heterocycles. The van der Waals surface area contributed by atoms with Crippen LogP contribution in [0, 0.1) is 5.82 Å². The van der Waals surface area contributed by atoms with Crippen LogP contribution in [0.5, 0.6) is 0 Å². The first-order chi connectivity index (χ1) is 8.72. The Bertz CT molecular complexity index is 578. The quantitative estimate of drug-likeness (QED) is 0.864. The summed E-state index contributed by atoms with van der Waals surface area (Å²) in [7, 11) is 0. The van der Waals surface area contributed by atoms with E-state index in [1.165, 1.54) is 12.4 Å². The minimum absolute atomic E-state index is 0.246. The van der Waals surface area contributed by atoms with Crippen molar-refractivity contribution in [1.29, 1.82) is 0 Å². The molecular formula is C12H11FN4O. The van der Waals surface area contributed by atoms with Crippen molar-refractivity contribution in [3.63, 3.8) is 0 Å². The summed E-state index contributed by atoms with van der Waals surface area (Å²) >= 11 is 0. The number of anilines is 1. The van der Waals surface area contributed by atoms with E-state index >= 15 is 0 Å². The number of amides is 1. The first-order valence-corrected chi connectivity index (χ1v) is 5.64. The van der Waals surface area contributed by atoms with Gasteiger partial charge in [0.25, 0.3) is 0 Å². The molecule has 1 aliphatic rings. The van der Waals surface area contributed by atoms with Gasteiger partial charge in [0.2, 0.25) is 11.9 Å². The predicted octanol–water partition coefficient (Wildman–Crippen LogP) is 1.61. The number of H-pyrrole nitrogens is 1. The largest absolute Gasteiger partial charge is 0.294 e.